The molecule has 0 radical (unpaired) electrons. The van der Waals surface area contributed by atoms with Crippen molar-refractivity contribution in [3.8, 4) is 0 Å². The lowest BCUT2D eigenvalue weighted by molar-refractivity contribution is 0.0965. The highest BCUT2D eigenvalue weighted by atomic mass is 32.2. The normalized spacial score (nSPS) is 16.8. The van der Waals surface area contributed by atoms with Gasteiger partial charge in [-0.25, -0.2) is 13.2 Å². The van der Waals surface area contributed by atoms with Crippen molar-refractivity contribution in [3.05, 3.63) is 45.8 Å². The number of urea groups is 1. The number of imide groups is 1. The van der Waals surface area contributed by atoms with Crippen LogP contribution >= 0.6 is 11.3 Å². The van der Waals surface area contributed by atoms with E-state index in [2.05, 4.69) is 29.4 Å². The number of anilines is 1. The summed E-state index contributed by atoms with van der Waals surface area (Å²) >= 11 is 1.30. The number of primary amides is 1. The van der Waals surface area contributed by atoms with E-state index in [9.17, 15) is 22.8 Å². The van der Waals surface area contributed by atoms with Gasteiger partial charge < -0.3 is 11.1 Å². The highest BCUT2D eigenvalue weighted by molar-refractivity contribution is 7.89. The predicted molar refractivity (Wildman–Crippen MR) is 133 cm³/mol. The molecule has 0 aliphatic carbocycles. The number of sulfonamides is 1. The first kappa shape index (κ1) is 25.3. The molecule has 0 saturated carbocycles. The van der Waals surface area contributed by atoms with Crippen molar-refractivity contribution in [2.75, 3.05) is 25.0 Å². The molecule has 10 nitrogen and oxygen atoms in total. The van der Waals surface area contributed by atoms with E-state index >= 15 is 0 Å². The number of amides is 4. The van der Waals surface area contributed by atoms with Crippen LogP contribution in [0.5, 0.6) is 0 Å². The molecular weight excluding hydrogens is 490 g/mol. The van der Waals surface area contributed by atoms with Gasteiger partial charge in [-0.05, 0) is 62.9 Å². The van der Waals surface area contributed by atoms with Crippen molar-refractivity contribution in [2.24, 2.45) is 5.73 Å². The van der Waals surface area contributed by atoms with E-state index in [-0.39, 0.29) is 16.0 Å². The molecule has 3 heterocycles. The van der Waals surface area contributed by atoms with Gasteiger partial charge in [0.25, 0.3) is 11.8 Å². The second-order valence-electron chi connectivity index (χ2n) is 8.93. The van der Waals surface area contributed by atoms with Gasteiger partial charge in [0.15, 0.2) is 0 Å². The van der Waals surface area contributed by atoms with Crippen molar-refractivity contribution >= 4 is 44.2 Å². The maximum atomic E-state index is 13.0. The Bertz CT molecular complexity index is 1250. The van der Waals surface area contributed by atoms with Crippen LogP contribution in [0, 0.1) is 0 Å². The Morgan fingerprint density at radius 1 is 1.03 bits per heavy atom. The van der Waals surface area contributed by atoms with Crippen LogP contribution in [-0.2, 0) is 23.0 Å². The van der Waals surface area contributed by atoms with Gasteiger partial charge in [-0.3, -0.25) is 19.8 Å². The monoisotopic (exact) mass is 519 g/mol. The largest absolute Gasteiger partial charge is 0.351 e. The van der Waals surface area contributed by atoms with Crippen LogP contribution in [0.3, 0.4) is 0 Å². The average Bonchev–Trinajstić information content (AvgIpc) is 3.46. The summed E-state index contributed by atoms with van der Waals surface area (Å²) in [5.41, 5.74) is 6.45. The summed E-state index contributed by atoms with van der Waals surface area (Å²) in [6.07, 6.45) is 2.28. The van der Waals surface area contributed by atoms with Gasteiger partial charge in [-0.15, -0.1) is 11.3 Å². The summed E-state index contributed by atoms with van der Waals surface area (Å²) in [7, 11) is -3.58. The van der Waals surface area contributed by atoms with Crippen LogP contribution in [-0.4, -0.2) is 61.1 Å². The minimum Gasteiger partial charge on any atom is -0.351 e. The fraction of sp³-hybridized carbons (Fsp3) is 0.435. The van der Waals surface area contributed by atoms with E-state index in [1.807, 2.05) is 0 Å². The summed E-state index contributed by atoms with van der Waals surface area (Å²) in [6.45, 7) is 6.56. The Balaban J connectivity index is 1.59. The molecule has 2 aromatic rings. The molecule has 4 amide bonds. The van der Waals surface area contributed by atoms with E-state index in [0.717, 1.165) is 29.8 Å². The van der Waals surface area contributed by atoms with Crippen LogP contribution in [0.25, 0.3) is 0 Å². The van der Waals surface area contributed by atoms with E-state index in [0.29, 0.717) is 37.1 Å². The molecule has 35 heavy (non-hydrogen) atoms. The number of fused-ring (bicyclic) bond motifs is 1. The van der Waals surface area contributed by atoms with Gasteiger partial charge in [0, 0.05) is 42.7 Å². The summed E-state index contributed by atoms with van der Waals surface area (Å²) in [5, 5.41) is 5.22. The lowest BCUT2D eigenvalue weighted by atomic mass is 10.0. The highest BCUT2D eigenvalue weighted by Crippen LogP contribution is 2.38. The first-order valence-corrected chi connectivity index (χ1v) is 13.7. The second kappa shape index (κ2) is 10.1. The zero-order chi connectivity index (χ0) is 25.3. The highest BCUT2D eigenvalue weighted by Gasteiger charge is 2.31. The molecule has 1 aromatic heterocycles. The number of nitrogens with two attached hydrogens (primary N) is 1. The number of benzene rings is 1. The Morgan fingerprint density at radius 3 is 2.29 bits per heavy atom. The molecular formula is C23H29N5O5S2. The van der Waals surface area contributed by atoms with Crippen LogP contribution in [0.1, 0.15) is 57.8 Å². The van der Waals surface area contributed by atoms with Gasteiger partial charge in [0.05, 0.1) is 10.5 Å². The van der Waals surface area contributed by atoms with Gasteiger partial charge in [-0.1, -0.05) is 0 Å². The summed E-state index contributed by atoms with van der Waals surface area (Å²) in [5.74, 6) is -1.14. The lowest BCUT2D eigenvalue weighted by Gasteiger charge is -2.30. The Kier molecular flexibility index (Phi) is 7.27. The molecule has 0 spiro atoms. The Morgan fingerprint density at radius 2 is 1.69 bits per heavy atom. The Labute approximate surface area is 208 Å². The molecule has 4 N–H and O–H groups in total. The van der Waals surface area contributed by atoms with Gasteiger partial charge in [0.1, 0.15) is 5.00 Å². The zero-order valence-electron chi connectivity index (χ0n) is 19.7. The molecule has 2 aliphatic heterocycles. The fourth-order valence-corrected chi connectivity index (χ4v) is 7.18. The number of nitrogens with one attached hydrogen (secondary N) is 2. The number of carbonyl (C=O) groups is 3. The first-order valence-electron chi connectivity index (χ1n) is 11.5. The third kappa shape index (κ3) is 5.25. The maximum absolute atomic E-state index is 13.0. The van der Waals surface area contributed by atoms with Crippen molar-refractivity contribution < 1.29 is 22.8 Å². The minimum atomic E-state index is -3.58. The van der Waals surface area contributed by atoms with Gasteiger partial charge in [0.2, 0.25) is 10.0 Å². The molecule has 2 aliphatic rings. The third-order valence-corrected chi connectivity index (χ3v) is 9.37. The summed E-state index contributed by atoms with van der Waals surface area (Å²) in [4.78, 5) is 40.5. The molecule has 0 atom stereocenters. The van der Waals surface area contributed by atoms with Crippen molar-refractivity contribution in [2.45, 2.75) is 50.6 Å². The first-order chi connectivity index (χ1) is 16.6. The maximum Gasteiger partial charge on any atom is 0.319 e. The lowest BCUT2D eigenvalue weighted by Crippen LogP contribution is -2.38. The molecule has 0 unspecified atom stereocenters. The minimum absolute atomic E-state index is 0.137. The summed E-state index contributed by atoms with van der Waals surface area (Å²) in [6, 6.07) is 5.10. The van der Waals surface area contributed by atoms with Crippen LogP contribution in [0.2, 0.25) is 0 Å². The average molecular weight is 520 g/mol. The quantitative estimate of drug-likeness (QED) is 0.535. The van der Waals surface area contributed by atoms with Crippen LogP contribution in [0.15, 0.2) is 29.2 Å². The molecule has 1 fully saturated rings. The third-order valence-electron chi connectivity index (χ3n) is 6.33. The number of carbonyl (C=O) groups excluding carboxylic acids is 3. The van der Waals surface area contributed by atoms with Crippen molar-refractivity contribution in [3.63, 3.8) is 0 Å². The van der Waals surface area contributed by atoms with Gasteiger partial charge >= 0.3 is 6.03 Å². The summed E-state index contributed by atoms with van der Waals surface area (Å²) < 4.78 is 26.9. The van der Waals surface area contributed by atoms with Crippen LogP contribution < -0.4 is 16.4 Å². The van der Waals surface area contributed by atoms with E-state index in [4.69, 9.17) is 5.73 Å². The van der Waals surface area contributed by atoms with Crippen LogP contribution in [0.4, 0.5) is 9.80 Å². The van der Waals surface area contributed by atoms with E-state index in [1.54, 1.807) is 0 Å². The van der Waals surface area contributed by atoms with E-state index in [1.165, 1.54) is 39.9 Å². The molecule has 1 saturated heterocycles. The number of hydrogen-bond donors (Lipinski definition) is 3. The van der Waals surface area contributed by atoms with E-state index < -0.39 is 27.9 Å². The number of nitrogens with zero attached hydrogens (tertiary/aromatic N) is 2. The number of hydrogen-bond acceptors (Lipinski definition) is 7. The SMILES string of the molecule is CC(C)N1CCc2c(sc(NC(=O)c3ccc(S(=O)(=O)N4CCCC4)cc3)c2C(=O)NC(N)=O)C1. The molecule has 0 bridgehead atoms. The molecule has 1 aromatic carbocycles. The van der Waals surface area contributed by atoms with Crippen molar-refractivity contribution in [1.29, 1.82) is 0 Å². The number of thiophene rings is 1. The fourth-order valence-electron chi connectivity index (χ4n) is 4.40. The van der Waals surface area contributed by atoms with Gasteiger partial charge in [-0.2, -0.15) is 4.31 Å². The molecule has 4 rings (SSSR count). The topological polar surface area (TPSA) is 142 Å². The number of rotatable bonds is 6. The second-order valence-corrected chi connectivity index (χ2v) is 12.0. The standard InChI is InChI=1S/C23H29N5O5S2/c1-14(2)27-12-9-17-18(13-27)34-22(19(17)21(30)26-23(24)31)25-20(29)15-5-7-16(8-6-15)35(32,33)28-10-3-4-11-28/h5-8,14H,3-4,9-13H2,1-2H3,(H,25,29)(H3,24,26,30,31). The Hall–Kier alpha value is -2.80. The predicted octanol–water partition coefficient (Wildman–Crippen LogP) is 2.36. The van der Waals surface area contributed by atoms with Crippen molar-refractivity contribution in [1.82, 2.24) is 14.5 Å². The molecule has 12 heteroatoms. The smallest absolute Gasteiger partial charge is 0.319 e. The molecule has 188 valence electrons. The zero-order valence-corrected chi connectivity index (χ0v) is 21.3.